The van der Waals surface area contributed by atoms with Crippen molar-refractivity contribution in [2.75, 3.05) is 25.1 Å². The van der Waals surface area contributed by atoms with Crippen molar-refractivity contribution in [1.29, 1.82) is 0 Å². The number of nitrogens with zero attached hydrogens (tertiary/aromatic N) is 1. The Hall–Kier alpha value is -3.79. The molecule has 0 saturated heterocycles. The van der Waals surface area contributed by atoms with Gasteiger partial charge in [-0.15, -0.1) is 0 Å². The highest BCUT2D eigenvalue weighted by Crippen LogP contribution is 2.16. The van der Waals surface area contributed by atoms with Gasteiger partial charge in [-0.25, -0.2) is 9.82 Å². The fraction of sp³-hybridized carbons (Fsp3) is 0.304. The minimum atomic E-state index is -0.909. The minimum absolute atomic E-state index is 0.106. The molecule has 2 aromatic carbocycles. The van der Waals surface area contributed by atoms with E-state index in [0.717, 1.165) is 0 Å². The summed E-state index contributed by atoms with van der Waals surface area (Å²) in [5.41, 5.74) is 3.06. The number of ether oxygens (including phenoxy) is 2. The van der Waals surface area contributed by atoms with Crippen LogP contribution in [0.4, 0.5) is 10.1 Å². The van der Waals surface area contributed by atoms with Gasteiger partial charge < -0.3 is 20.1 Å². The summed E-state index contributed by atoms with van der Waals surface area (Å²) in [5, 5.41) is 8.83. The van der Waals surface area contributed by atoms with Crippen molar-refractivity contribution in [2.24, 2.45) is 5.10 Å². The number of hydrogen-bond acceptors (Lipinski definition) is 6. The van der Waals surface area contributed by atoms with Gasteiger partial charge in [-0.3, -0.25) is 14.4 Å². The normalized spacial score (nSPS) is 10.8. The standard InChI is InChI=1S/C23H27FN4O5/c1-16(2)32-13-5-12-25-22(30)23(31)28-26-14-17-6-3-4-7-20(17)33-15-21(29)27-19-10-8-18(24)9-11-19/h3-4,6-11,14,16H,5,12-13,15H2,1-2H3,(H,25,30)(H,27,29)(H,28,31)/b26-14+. The number of rotatable bonds is 11. The van der Waals surface area contributed by atoms with E-state index in [1.54, 1.807) is 24.3 Å². The van der Waals surface area contributed by atoms with Gasteiger partial charge in [0.1, 0.15) is 11.6 Å². The summed E-state index contributed by atoms with van der Waals surface area (Å²) < 4.78 is 23.8. The van der Waals surface area contributed by atoms with E-state index in [-0.39, 0.29) is 12.7 Å². The van der Waals surface area contributed by atoms with Gasteiger partial charge in [0.25, 0.3) is 5.91 Å². The van der Waals surface area contributed by atoms with Crippen LogP contribution in [0.3, 0.4) is 0 Å². The van der Waals surface area contributed by atoms with E-state index in [1.165, 1.54) is 30.5 Å². The van der Waals surface area contributed by atoms with E-state index in [4.69, 9.17) is 9.47 Å². The Balaban J connectivity index is 1.79. The molecule has 0 bridgehead atoms. The highest BCUT2D eigenvalue weighted by molar-refractivity contribution is 6.35. The Morgan fingerprint density at radius 2 is 1.79 bits per heavy atom. The van der Waals surface area contributed by atoms with Crippen LogP contribution in [0.2, 0.25) is 0 Å². The predicted octanol–water partition coefficient (Wildman–Crippen LogP) is 2.22. The molecule has 9 nitrogen and oxygen atoms in total. The van der Waals surface area contributed by atoms with Crippen LogP contribution < -0.4 is 20.8 Å². The van der Waals surface area contributed by atoms with E-state index in [0.29, 0.717) is 36.6 Å². The number of carbonyl (C=O) groups is 3. The van der Waals surface area contributed by atoms with Crippen molar-refractivity contribution in [1.82, 2.24) is 10.7 Å². The maximum Gasteiger partial charge on any atom is 0.329 e. The Bertz CT molecular complexity index is 964. The van der Waals surface area contributed by atoms with E-state index >= 15 is 0 Å². The number of carbonyl (C=O) groups excluding carboxylic acids is 3. The van der Waals surface area contributed by atoms with Gasteiger partial charge in [0.2, 0.25) is 0 Å². The number of hydrogen-bond donors (Lipinski definition) is 3. The second-order valence-corrected chi connectivity index (χ2v) is 7.11. The van der Waals surface area contributed by atoms with Crippen LogP contribution in [-0.2, 0) is 19.1 Å². The van der Waals surface area contributed by atoms with Crippen LogP contribution in [0.5, 0.6) is 5.75 Å². The number of amides is 3. The summed E-state index contributed by atoms with van der Waals surface area (Å²) in [4.78, 5) is 35.6. The fourth-order valence-corrected chi connectivity index (χ4v) is 2.48. The van der Waals surface area contributed by atoms with E-state index < -0.39 is 23.5 Å². The molecule has 33 heavy (non-hydrogen) atoms. The quantitative estimate of drug-likeness (QED) is 0.207. The lowest BCUT2D eigenvalue weighted by Gasteiger charge is -2.09. The SMILES string of the molecule is CC(C)OCCCNC(=O)C(=O)N/N=C/c1ccccc1OCC(=O)Nc1ccc(F)cc1. The zero-order chi connectivity index (χ0) is 24.1. The van der Waals surface area contributed by atoms with Crippen LogP contribution in [-0.4, -0.2) is 49.8 Å². The van der Waals surface area contributed by atoms with Crippen molar-refractivity contribution >= 4 is 29.6 Å². The second kappa shape index (κ2) is 13.6. The lowest BCUT2D eigenvalue weighted by molar-refractivity contribution is -0.139. The molecule has 3 amide bonds. The number of benzene rings is 2. The summed E-state index contributed by atoms with van der Waals surface area (Å²) in [7, 11) is 0. The van der Waals surface area contributed by atoms with Crippen LogP contribution in [0, 0.1) is 5.82 Å². The molecule has 0 aromatic heterocycles. The lowest BCUT2D eigenvalue weighted by Crippen LogP contribution is -2.38. The molecule has 2 rings (SSSR count). The summed E-state index contributed by atoms with van der Waals surface area (Å²) in [6, 6.07) is 12.1. The molecule has 3 N–H and O–H groups in total. The molecular weight excluding hydrogens is 431 g/mol. The first-order valence-electron chi connectivity index (χ1n) is 10.3. The van der Waals surface area contributed by atoms with E-state index in [2.05, 4.69) is 21.2 Å². The predicted molar refractivity (Wildman–Crippen MR) is 121 cm³/mol. The highest BCUT2D eigenvalue weighted by Gasteiger charge is 2.12. The van der Waals surface area contributed by atoms with Crippen molar-refractivity contribution < 1.29 is 28.2 Å². The van der Waals surface area contributed by atoms with Crippen molar-refractivity contribution in [3.8, 4) is 5.75 Å². The summed E-state index contributed by atoms with van der Waals surface area (Å²) in [5.74, 6) is -2.21. The maximum atomic E-state index is 12.9. The molecular formula is C23H27FN4O5. The molecule has 0 aliphatic carbocycles. The fourth-order valence-electron chi connectivity index (χ4n) is 2.48. The van der Waals surface area contributed by atoms with E-state index in [9.17, 15) is 18.8 Å². The third-order valence-electron chi connectivity index (χ3n) is 4.04. The molecule has 0 aliphatic rings. The van der Waals surface area contributed by atoms with Gasteiger partial charge in [0, 0.05) is 24.4 Å². The van der Waals surface area contributed by atoms with Gasteiger partial charge in [-0.1, -0.05) is 12.1 Å². The lowest BCUT2D eigenvalue weighted by atomic mass is 10.2. The van der Waals surface area contributed by atoms with Crippen LogP contribution in [0.1, 0.15) is 25.8 Å². The first-order valence-corrected chi connectivity index (χ1v) is 10.3. The van der Waals surface area contributed by atoms with Gasteiger partial charge in [0.15, 0.2) is 6.61 Å². The third kappa shape index (κ3) is 9.92. The average Bonchev–Trinajstić information content (AvgIpc) is 2.79. The maximum absolute atomic E-state index is 12.9. The number of hydrazone groups is 1. The van der Waals surface area contributed by atoms with Crippen LogP contribution in [0.15, 0.2) is 53.6 Å². The summed E-state index contributed by atoms with van der Waals surface area (Å²) >= 11 is 0. The Kier molecular flexibility index (Phi) is 10.5. The first kappa shape index (κ1) is 25.5. The van der Waals surface area contributed by atoms with Gasteiger partial charge in [-0.2, -0.15) is 5.10 Å². The molecule has 0 spiro atoms. The smallest absolute Gasteiger partial charge is 0.329 e. The van der Waals surface area contributed by atoms with Crippen molar-refractivity contribution in [2.45, 2.75) is 26.4 Å². The number of anilines is 1. The van der Waals surface area contributed by atoms with E-state index in [1.807, 2.05) is 13.8 Å². The second-order valence-electron chi connectivity index (χ2n) is 7.11. The molecule has 10 heteroatoms. The third-order valence-corrected chi connectivity index (χ3v) is 4.04. The minimum Gasteiger partial charge on any atom is -0.483 e. The monoisotopic (exact) mass is 458 g/mol. The number of halogens is 1. The highest BCUT2D eigenvalue weighted by atomic mass is 19.1. The van der Waals surface area contributed by atoms with Crippen molar-refractivity contribution in [3.63, 3.8) is 0 Å². The number of nitrogens with one attached hydrogen (secondary N) is 3. The topological polar surface area (TPSA) is 118 Å². The van der Waals surface area contributed by atoms with Gasteiger partial charge >= 0.3 is 11.8 Å². The van der Waals surface area contributed by atoms with Crippen LogP contribution >= 0.6 is 0 Å². The zero-order valence-corrected chi connectivity index (χ0v) is 18.5. The largest absolute Gasteiger partial charge is 0.483 e. The average molecular weight is 458 g/mol. The molecule has 0 heterocycles. The Morgan fingerprint density at radius 1 is 1.06 bits per heavy atom. The Labute approximate surface area is 191 Å². The molecule has 0 aliphatic heterocycles. The molecule has 0 radical (unpaired) electrons. The zero-order valence-electron chi connectivity index (χ0n) is 18.5. The molecule has 0 unspecified atom stereocenters. The molecule has 0 atom stereocenters. The molecule has 0 saturated carbocycles. The van der Waals surface area contributed by atoms with Crippen molar-refractivity contribution in [3.05, 3.63) is 59.9 Å². The molecule has 0 fully saturated rings. The first-order chi connectivity index (χ1) is 15.8. The summed E-state index contributed by atoms with van der Waals surface area (Å²) in [6.45, 7) is 4.32. The number of para-hydroxylation sites is 1. The molecule has 2 aromatic rings. The van der Waals surface area contributed by atoms with Gasteiger partial charge in [0.05, 0.1) is 12.3 Å². The van der Waals surface area contributed by atoms with Gasteiger partial charge in [-0.05, 0) is 56.7 Å². The summed E-state index contributed by atoms with van der Waals surface area (Å²) in [6.07, 6.45) is 1.99. The van der Waals surface area contributed by atoms with Crippen LogP contribution in [0.25, 0.3) is 0 Å². The Morgan fingerprint density at radius 3 is 2.52 bits per heavy atom. The molecule has 176 valence electrons.